The second-order valence-corrected chi connectivity index (χ2v) is 6.19. The van der Waals surface area contributed by atoms with Gasteiger partial charge in [-0.05, 0) is 49.6 Å². The van der Waals surface area contributed by atoms with Crippen molar-refractivity contribution in [1.29, 1.82) is 0 Å². The Hall–Kier alpha value is -1.39. The van der Waals surface area contributed by atoms with Crippen LogP contribution in [-0.2, 0) is 0 Å². The Morgan fingerprint density at radius 3 is 2.43 bits per heavy atom. The summed E-state index contributed by atoms with van der Waals surface area (Å²) in [5, 5.41) is 5.54. The fraction of sp³-hybridized carbons (Fsp3) is 0.412. The van der Waals surface area contributed by atoms with Gasteiger partial charge in [-0.1, -0.05) is 19.1 Å². The summed E-state index contributed by atoms with van der Waals surface area (Å²) in [6, 6.07) is 5.99. The Morgan fingerprint density at radius 1 is 1.24 bits per heavy atom. The van der Waals surface area contributed by atoms with Gasteiger partial charge in [-0.15, -0.1) is 11.3 Å². The highest BCUT2D eigenvalue weighted by Gasteiger charge is 2.18. The number of thiophene rings is 1. The molecule has 0 bridgehead atoms. The van der Waals surface area contributed by atoms with Crippen molar-refractivity contribution in [2.24, 2.45) is 0 Å². The number of benzene rings is 1. The first-order valence-corrected chi connectivity index (χ1v) is 8.07. The van der Waals surface area contributed by atoms with E-state index < -0.39 is 0 Å². The van der Waals surface area contributed by atoms with E-state index in [2.05, 4.69) is 12.2 Å². The molecule has 0 radical (unpaired) electrons. The van der Waals surface area contributed by atoms with Gasteiger partial charge in [-0.25, -0.2) is 4.39 Å². The van der Waals surface area contributed by atoms with Crippen LogP contribution in [0.3, 0.4) is 0 Å². The number of aryl methyl sites for hydroxylation is 2. The minimum absolute atomic E-state index is 0.0804. The van der Waals surface area contributed by atoms with E-state index in [1.807, 2.05) is 37.4 Å². The molecule has 1 aromatic carbocycles. The Balaban J connectivity index is 2.39. The lowest BCUT2D eigenvalue weighted by atomic mass is 9.99. The maximum atomic E-state index is 13.8. The zero-order valence-corrected chi connectivity index (χ0v) is 13.8. The van der Waals surface area contributed by atoms with Crippen LogP contribution in [0.4, 0.5) is 4.39 Å². The van der Waals surface area contributed by atoms with Crippen molar-refractivity contribution in [3.05, 3.63) is 51.0 Å². The van der Waals surface area contributed by atoms with Gasteiger partial charge >= 0.3 is 0 Å². The fourth-order valence-corrected chi connectivity index (χ4v) is 3.37. The first kappa shape index (κ1) is 16.0. The monoisotopic (exact) mass is 307 g/mol. The van der Waals surface area contributed by atoms with Gasteiger partial charge in [-0.3, -0.25) is 0 Å². The van der Waals surface area contributed by atoms with Crippen LogP contribution in [0.5, 0.6) is 5.75 Å². The summed E-state index contributed by atoms with van der Waals surface area (Å²) in [4.78, 5) is 1.19. The van der Waals surface area contributed by atoms with E-state index in [0.717, 1.165) is 24.3 Å². The molecule has 0 saturated carbocycles. The van der Waals surface area contributed by atoms with Crippen molar-refractivity contribution in [3.63, 3.8) is 0 Å². The normalized spacial score (nSPS) is 12.4. The van der Waals surface area contributed by atoms with Crippen molar-refractivity contribution in [2.45, 2.75) is 33.2 Å². The van der Waals surface area contributed by atoms with Gasteiger partial charge in [0, 0.05) is 10.3 Å². The molecular weight excluding hydrogens is 285 g/mol. The Labute approximate surface area is 130 Å². The number of ether oxygens (including phenoxy) is 1. The molecular formula is C17H22FNOS. The lowest BCUT2D eigenvalue weighted by Gasteiger charge is -2.19. The van der Waals surface area contributed by atoms with E-state index >= 15 is 0 Å². The van der Waals surface area contributed by atoms with Crippen LogP contribution < -0.4 is 10.1 Å². The van der Waals surface area contributed by atoms with E-state index in [4.69, 9.17) is 4.74 Å². The van der Waals surface area contributed by atoms with E-state index in [1.54, 1.807) is 18.4 Å². The van der Waals surface area contributed by atoms with Crippen LogP contribution in [0.25, 0.3) is 0 Å². The van der Waals surface area contributed by atoms with Gasteiger partial charge in [-0.2, -0.15) is 0 Å². The van der Waals surface area contributed by atoms with Gasteiger partial charge in [0.2, 0.25) is 0 Å². The molecule has 114 valence electrons. The highest BCUT2D eigenvalue weighted by atomic mass is 32.1. The molecule has 0 aliphatic heterocycles. The van der Waals surface area contributed by atoms with Crippen LogP contribution >= 0.6 is 11.3 Å². The second-order valence-electron chi connectivity index (χ2n) is 5.24. The quantitative estimate of drug-likeness (QED) is 0.842. The Bertz CT molecular complexity index is 586. The topological polar surface area (TPSA) is 21.3 Å². The maximum absolute atomic E-state index is 13.8. The average Bonchev–Trinajstić information content (AvgIpc) is 2.94. The SMILES string of the molecule is CCCNC(c1cc(C)c(F)c(C)c1)c1cc(OC)cs1. The first-order chi connectivity index (χ1) is 10.1. The Kier molecular flexibility index (Phi) is 5.37. The van der Waals surface area contributed by atoms with Gasteiger partial charge in [0.05, 0.1) is 13.2 Å². The third kappa shape index (κ3) is 3.63. The molecule has 2 nitrogen and oxygen atoms in total. The highest BCUT2D eigenvalue weighted by molar-refractivity contribution is 7.10. The predicted octanol–water partition coefficient (Wildman–Crippen LogP) is 4.60. The van der Waals surface area contributed by atoms with E-state index in [1.165, 1.54) is 4.88 Å². The van der Waals surface area contributed by atoms with E-state index in [0.29, 0.717) is 11.1 Å². The number of halogens is 1. The third-order valence-corrected chi connectivity index (χ3v) is 4.48. The molecule has 0 saturated heterocycles. The van der Waals surface area contributed by atoms with Crippen molar-refractivity contribution in [3.8, 4) is 5.75 Å². The molecule has 2 aromatic rings. The molecule has 2 rings (SSSR count). The average molecular weight is 307 g/mol. The fourth-order valence-electron chi connectivity index (χ4n) is 2.41. The maximum Gasteiger partial charge on any atom is 0.129 e. The third-order valence-electron chi connectivity index (χ3n) is 3.51. The summed E-state index contributed by atoms with van der Waals surface area (Å²) in [5.74, 6) is 0.755. The van der Waals surface area contributed by atoms with Crippen molar-refractivity contribution < 1.29 is 9.13 Å². The smallest absolute Gasteiger partial charge is 0.129 e. The first-order valence-electron chi connectivity index (χ1n) is 7.19. The largest absolute Gasteiger partial charge is 0.496 e. The van der Waals surface area contributed by atoms with E-state index in [9.17, 15) is 4.39 Å². The van der Waals surface area contributed by atoms with Crippen molar-refractivity contribution >= 4 is 11.3 Å². The lowest BCUT2D eigenvalue weighted by Crippen LogP contribution is -2.22. The minimum Gasteiger partial charge on any atom is -0.496 e. The van der Waals surface area contributed by atoms with Gasteiger partial charge in [0.25, 0.3) is 0 Å². The van der Waals surface area contributed by atoms with Gasteiger partial charge in [0.15, 0.2) is 0 Å². The molecule has 0 amide bonds. The molecule has 4 heteroatoms. The summed E-state index contributed by atoms with van der Waals surface area (Å²) >= 11 is 1.66. The molecule has 1 atom stereocenters. The number of nitrogens with one attached hydrogen (secondary N) is 1. The zero-order chi connectivity index (χ0) is 15.4. The van der Waals surface area contributed by atoms with Gasteiger partial charge < -0.3 is 10.1 Å². The van der Waals surface area contributed by atoms with Crippen LogP contribution in [0.2, 0.25) is 0 Å². The molecule has 1 heterocycles. The van der Waals surface area contributed by atoms with Crippen LogP contribution in [0, 0.1) is 19.7 Å². The van der Waals surface area contributed by atoms with Crippen LogP contribution in [0.1, 0.15) is 41.0 Å². The number of methoxy groups -OCH3 is 1. The highest BCUT2D eigenvalue weighted by Crippen LogP contribution is 2.32. The minimum atomic E-state index is -0.114. The molecule has 0 aliphatic rings. The van der Waals surface area contributed by atoms with E-state index in [-0.39, 0.29) is 11.9 Å². The molecule has 0 aliphatic carbocycles. The standard InChI is InChI=1S/C17H22FNOS/c1-5-6-19-17(15-9-14(20-4)10-21-15)13-7-11(2)16(18)12(3)8-13/h7-10,17,19H,5-6H2,1-4H3. The molecule has 21 heavy (non-hydrogen) atoms. The summed E-state index contributed by atoms with van der Waals surface area (Å²) in [6.07, 6.45) is 1.05. The number of rotatable bonds is 6. The Morgan fingerprint density at radius 2 is 1.90 bits per heavy atom. The van der Waals surface area contributed by atoms with Crippen molar-refractivity contribution in [1.82, 2.24) is 5.32 Å². The van der Waals surface area contributed by atoms with Crippen molar-refractivity contribution in [2.75, 3.05) is 13.7 Å². The van der Waals surface area contributed by atoms with Crippen LogP contribution in [0.15, 0.2) is 23.6 Å². The van der Waals surface area contributed by atoms with Crippen LogP contribution in [-0.4, -0.2) is 13.7 Å². The summed E-state index contributed by atoms with van der Waals surface area (Å²) in [7, 11) is 1.67. The molecule has 0 spiro atoms. The molecule has 0 fully saturated rings. The number of hydrogen-bond acceptors (Lipinski definition) is 3. The zero-order valence-electron chi connectivity index (χ0n) is 13.0. The summed E-state index contributed by atoms with van der Waals surface area (Å²) < 4.78 is 19.1. The second kappa shape index (κ2) is 7.05. The predicted molar refractivity (Wildman–Crippen MR) is 86.9 cm³/mol. The summed E-state index contributed by atoms with van der Waals surface area (Å²) in [5.41, 5.74) is 2.48. The lowest BCUT2D eigenvalue weighted by molar-refractivity contribution is 0.416. The number of hydrogen-bond donors (Lipinski definition) is 1. The summed E-state index contributed by atoms with van der Waals surface area (Å²) in [6.45, 7) is 6.69. The molecule has 1 aromatic heterocycles. The van der Waals surface area contributed by atoms with Gasteiger partial charge in [0.1, 0.15) is 11.6 Å². The molecule has 1 N–H and O–H groups in total. The molecule has 1 unspecified atom stereocenters.